The van der Waals surface area contributed by atoms with Gasteiger partial charge in [0.2, 0.25) is 11.0 Å². The molecular weight excluding hydrogens is 374 g/mol. The highest BCUT2D eigenvalue weighted by Crippen LogP contribution is 2.32. The minimum Gasteiger partial charge on any atom is -0.497 e. The smallest absolute Gasteiger partial charge is 0.318 e. The van der Waals surface area contributed by atoms with Crippen LogP contribution >= 0.6 is 23.1 Å². The van der Waals surface area contributed by atoms with E-state index in [0.29, 0.717) is 16.0 Å². The van der Waals surface area contributed by atoms with Crippen LogP contribution in [-0.4, -0.2) is 34.5 Å². The summed E-state index contributed by atoms with van der Waals surface area (Å²) in [6.45, 7) is 4.38. The predicted octanol–water partition coefficient (Wildman–Crippen LogP) is 2.47. The number of carbonyl (C=O) groups excluding carboxylic acids is 2. The van der Waals surface area contributed by atoms with Gasteiger partial charge >= 0.3 is 6.03 Å². The normalized spacial score (nSPS) is 11.8. The van der Waals surface area contributed by atoms with Crippen molar-refractivity contribution in [2.24, 2.45) is 11.7 Å². The molecule has 10 heteroatoms. The highest BCUT2D eigenvalue weighted by Gasteiger charge is 2.26. The number of urea groups is 1. The standard InChI is InChI=1S/C16H21N5O3S2/c1-9(2)12(13(22)19-14(17)23)25-16-21-20-15(26-16)18-8-10-4-6-11(24-3)7-5-10/h4-7,9,12H,8H2,1-3H3,(H,18,20)(H3,17,19,22,23)/t12-/m0/s1. The molecule has 0 aliphatic carbocycles. The second-order valence-corrected chi connectivity index (χ2v) is 8.08. The number of amides is 3. The van der Waals surface area contributed by atoms with Crippen LogP contribution in [0.15, 0.2) is 28.6 Å². The Morgan fingerprint density at radius 3 is 2.54 bits per heavy atom. The molecule has 1 atom stereocenters. The van der Waals surface area contributed by atoms with Crippen molar-refractivity contribution in [3.05, 3.63) is 29.8 Å². The first-order valence-corrected chi connectivity index (χ1v) is 9.56. The van der Waals surface area contributed by atoms with Gasteiger partial charge < -0.3 is 15.8 Å². The SMILES string of the molecule is COc1ccc(CNc2nnc(S[C@H](C(=O)NC(N)=O)C(C)C)s2)cc1. The van der Waals surface area contributed by atoms with Crippen LogP contribution in [-0.2, 0) is 11.3 Å². The van der Waals surface area contributed by atoms with E-state index >= 15 is 0 Å². The summed E-state index contributed by atoms with van der Waals surface area (Å²) in [7, 11) is 1.63. The van der Waals surface area contributed by atoms with Gasteiger partial charge in [-0.2, -0.15) is 0 Å². The minimum atomic E-state index is -0.861. The number of ether oxygens (including phenoxy) is 1. The van der Waals surface area contributed by atoms with Crippen molar-refractivity contribution >= 4 is 40.2 Å². The summed E-state index contributed by atoms with van der Waals surface area (Å²) in [6, 6.07) is 6.85. The lowest BCUT2D eigenvalue weighted by Gasteiger charge is -2.16. The van der Waals surface area contributed by atoms with Gasteiger partial charge in [0.1, 0.15) is 5.75 Å². The molecule has 0 radical (unpaired) electrons. The van der Waals surface area contributed by atoms with Crippen molar-refractivity contribution in [3.63, 3.8) is 0 Å². The lowest BCUT2D eigenvalue weighted by molar-refractivity contribution is -0.120. The van der Waals surface area contributed by atoms with Crippen LogP contribution in [0.2, 0.25) is 0 Å². The molecule has 0 aliphatic rings. The molecule has 0 aliphatic heterocycles. The maximum absolute atomic E-state index is 12.1. The quantitative estimate of drug-likeness (QED) is 0.587. The molecule has 0 spiro atoms. The first kappa shape index (κ1) is 20.0. The fraction of sp³-hybridized carbons (Fsp3) is 0.375. The highest BCUT2D eigenvalue weighted by molar-refractivity contribution is 8.02. The molecule has 1 aromatic carbocycles. The van der Waals surface area contributed by atoms with Gasteiger partial charge in [-0.1, -0.05) is 49.1 Å². The maximum Gasteiger partial charge on any atom is 0.318 e. The number of methoxy groups -OCH3 is 1. The molecule has 140 valence electrons. The van der Waals surface area contributed by atoms with Crippen molar-refractivity contribution in [2.75, 3.05) is 12.4 Å². The van der Waals surface area contributed by atoms with Crippen molar-refractivity contribution in [2.45, 2.75) is 30.0 Å². The third-order valence-corrected chi connectivity index (χ3v) is 5.86. The summed E-state index contributed by atoms with van der Waals surface area (Å²) in [6.07, 6.45) is 0. The van der Waals surface area contributed by atoms with E-state index < -0.39 is 17.2 Å². The van der Waals surface area contributed by atoms with Crippen molar-refractivity contribution in [1.82, 2.24) is 15.5 Å². The second-order valence-electron chi connectivity index (χ2n) is 5.71. The number of nitrogens with two attached hydrogens (primary N) is 1. The Kier molecular flexibility index (Phi) is 7.22. The molecule has 3 amide bonds. The van der Waals surface area contributed by atoms with Crippen LogP contribution in [0.25, 0.3) is 0 Å². The molecule has 0 fully saturated rings. The minimum absolute atomic E-state index is 0.000965. The number of carbonyl (C=O) groups is 2. The van der Waals surface area contributed by atoms with E-state index in [-0.39, 0.29) is 5.92 Å². The number of thioether (sulfide) groups is 1. The number of aromatic nitrogens is 2. The topological polar surface area (TPSA) is 119 Å². The Morgan fingerprint density at radius 1 is 1.27 bits per heavy atom. The van der Waals surface area contributed by atoms with E-state index in [2.05, 4.69) is 20.8 Å². The molecular formula is C16H21N5O3S2. The third-order valence-electron chi connectivity index (χ3n) is 3.35. The molecule has 26 heavy (non-hydrogen) atoms. The Morgan fingerprint density at radius 2 is 1.96 bits per heavy atom. The second kappa shape index (κ2) is 9.39. The van der Waals surface area contributed by atoms with E-state index in [1.807, 2.05) is 38.1 Å². The molecule has 0 saturated heterocycles. The van der Waals surface area contributed by atoms with Gasteiger partial charge in [-0.15, -0.1) is 10.2 Å². The summed E-state index contributed by atoms with van der Waals surface area (Å²) in [5.41, 5.74) is 6.10. The van der Waals surface area contributed by atoms with Gasteiger partial charge in [0, 0.05) is 6.54 Å². The van der Waals surface area contributed by atoms with E-state index in [0.717, 1.165) is 11.3 Å². The summed E-state index contributed by atoms with van der Waals surface area (Å²) in [5, 5.41) is 13.7. The van der Waals surface area contributed by atoms with Crippen LogP contribution in [0.4, 0.5) is 9.93 Å². The van der Waals surface area contributed by atoms with Crippen LogP contribution in [0.1, 0.15) is 19.4 Å². The summed E-state index contributed by atoms with van der Waals surface area (Å²) in [5.74, 6) is 0.372. The molecule has 0 bridgehead atoms. The maximum atomic E-state index is 12.1. The average Bonchev–Trinajstić information content (AvgIpc) is 3.05. The molecule has 8 nitrogen and oxygen atoms in total. The summed E-state index contributed by atoms with van der Waals surface area (Å²) < 4.78 is 5.77. The van der Waals surface area contributed by atoms with Gasteiger partial charge in [-0.25, -0.2) is 4.79 Å². The first-order chi connectivity index (χ1) is 12.4. The van der Waals surface area contributed by atoms with Gasteiger partial charge in [-0.3, -0.25) is 10.1 Å². The first-order valence-electron chi connectivity index (χ1n) is 7.86. The summed E-state index contributed by atoms with van der Waals surface area (Å²) >= 11 is 2.61. The van der Waals surface area contributed by atoms with E-state index in [4.69, 9.17) is 10.5 Å². The third kappa shape index (κ3) is 5.88. The van der Waals surface area contributed by atoms with Gasteiger partial charge in [0.25, 0.3) is 0 Å². The van der Waals surface area contributed by atoms with Crippen molar-refractivity contribution in [1.29, 1.82) is 0 Å². The summed E-state index contributed by atoms with van der Waals surface area (Å²) in [4.78, 5) is 23.0. The zero-order valence-corrected chi connectivity index (χ0v) is 16.3. The number of primary amides is 1. The number of anilines is 1. The molecule has 1 heterocycles. The van der Waals surface area contributed by atoms with Gasteiger partial charge in [0.05, 0.1) is 12.4 Å². The molecule has 4 N–H and O–H groups in total. The Bertz CT molecular complexity index is 749. The predicted molar refractivity (Wildman–Crippen MR) is 102 cm³/mol. The van der Waals surface area contributed by atoms with Crippen LogP contribution < -0.4 is 21.1 Å². The van der Waals surface area contributed by atoms with E-state index in [1.165, 1.54) is 23.1 Å². The number of imide groups is 1. The number of benzene rings is 1. The van der Waals surface area contributed by atoms with Gasteiger partial charge in [0.15, 0.2) is 4.34 Å². The monoisotopic (exact) mass is 395 g/mol. The van der Waals surface area contributed by atoms with Gasteiger partial charge in [-0.05, 0) is 23.6 Å². The number of rotatable bonds is 8. The molecule has 0 saturated carbocycles. The fourth-order valence-electron chi connectivity index (χ4n) is 2.04. The van der Waals surface area contributed by atoms with E-state index in [1.54, 1.807) is 7.11 Å². The number of hydrogen-bond donors (Lipinski definition) is 3. The number of nitrogens with one attached hydrogen (secondary N) is 2. The average molecular weight is 396 g/mol. The van der Waals surface area contributed by atoms with Crippen LogP contribution in [0, 0.1) is 5.92 Å². The van der Waals surface area contributed by atoms with Crippen LogP contribution in [0.3, 0.4) is 0 Å². The van der Waals surface area contributed by atoms with Crippen molar-refractivity contribution < 1.29 is 14.3 Å². The lowest BCUT2D eigenvalue weighted by atomic mass is 10.1. The number of hydrogen-bond acceptors (Lipinski definition) is 8. The largest absolute Gasteiger partial charge is 0.497 e. The number of nitrogens with zero attached hydrogens (tertiary/aromatic N) is 2. The Labute approximate surface area is 159 Å². The molecule has 2 aromatic rings. The van der Waals surface area contributed by atoms with Crippen molar-refractivity contribution in [3.8, 4) is 5.75 Å². The molecule has 2 rings (SSSR count). The highest BCUT2D eigenvalue weighted by atomic mass is 32.2. The Hall–Kier alpha value is -2.33. The lowest BCUT2D eigenvalue weighted by Crippen LogP contribution is -2.42. The fourth-order valence-corrected chi connectivity index (χ4v) is 4.00. The molecule has 1 aromatic heterocycles. The van der Waals surface area contributed by atoms with Crippen LogP contribution in [0.5, 0.6) is 5.75 Å². The zero-order chi connectivity index (χ0) is 19.1. The zero-order valence-electron chi connectivity index (χ0n) is 14.7. The Balaban J connectivity index is 1.94. The molecule has 0 unspecified atom stereocenters. The van der Waals surface area contributed by atoms with E-state index in [9.17, 15) is 9.59 Å².